The minimum Gasteiger partial charge on any atom is -0.432 e. The van der Waals surface area contributed by atoms with E-state index in [0.29, 0.717) is 32.1 Å². The molecule has 55 heavy (non-hydrogen) atoms. The monoisotopic (exact) mass is 782 g/mol. The highest BCUT2D eigenvalue weighted by Crippen LogP contribution is 2.76. The van der Waals surface area contributed by atoms with Crippen LogP contribution in [0.4, 0.5) is 0 Å². The van der Waals surface area contributed by atoms with E-state index in [1.807, 2.05) is 6.92 Å². The Morgan fingerprint density at radius 3 is 2.13 bits per heavy atom. The Balaban J connectivity index is 1.19. The van der Waals surface area contributed by atoms with Gasteiger partial charge in [0.1, 0.15) is 42.7 Å². The van der Waals surface area contributed by atoms with E-state index in [9.17, 15) is 50.8 Å². The summed E-state index contributed by atoms with van der Waals surface area (Å²) in [6.07, 6.45) is -6.75. The molecule has 14 heteroatoms. The van der Waals surface area contributed by atoms with Gasteiger partial charge in [-0.25, -0.2) is 0 Å². The van der Waals surface area contributed by atoms with E-state index in [4.69, 9.17) is 18.9 Å². The first-order chi connectivity index (χ1) is 25.6. The number of ether oxygens (including phenoxy) is 4. The summed E-state index contributed by atoms with van der Waals surface area (Å²) in [7, 11) is 0. The topological polar surface area (TPSA) is 236 Å². The number of aliphatic hydroxyl groups is 9. The first-order valence-corrected chi connectivity index (χ1v) is 20.5. The molecular formula is C41H66O14. The molecule has 14 nitrogen and oxygen atoms in total. The molecule has 0 amide bonds. The van der Waals surface area contributed by atoms with Crippen LogP contribution in [0.2, 0.25) is 0 Å². The molecule has 0 radical (unpaired) electrons. The second-order valence-electron chi connectivity index (χ2n) is 20.2. The van der Waals surface area contributed by atoms with Gasteiger partial charge < -0.3 is 64.9 Å². The minimum absolute atomic E-state index is 0.0622. The summed E-state index contributed by atoms with van der Waals surface area (Å²) in [5.41, 5.74) is -1.65. The Morgan fingerprint density at radius 1 is 0.782 bits per heavy atom. The zero-order chi connectivity index (χ0) is 40.3. The molecule has 0 bridgehead atoms. The second-order valence-corrected chi connectivity index (χ2v) is 20.2. The molecule has 0 spiro atoms. The summed E-state index contributed by atoms with van der Waals surface area (Å²) in [5, 5.41) is 95.4. The third-order valence-electron chi connectivity index (χ3n) is 16.9. The molecule has 0 aromatic heterocycles. The maximum atomic E-state index is 14.5. The molecule has 0 unspecified atom stereocenters. The van der Waals surface area contributed by atoms with E-state index in [1.54, 1.807) is 0 Å². The molecule has 19 atom stereocenters. The Hall–Kier alpha value is -1.27. The molecule has 0 aromatic rings. The van der Waals surface area contributed by atoms with E-state index in [0.717, 1.165) is 25.7 Å². The summed E-state index contributed by atoms with van der Waals surface area (Å²) in [5.74, 6) is -0.634. The maximum Gasteiger partial charge on any atom is 0.315 e. The molecule has 2 aliphatic heterocycles. The number of carbonyl (C=O) groups excluding carboxylic acids is 1. The number of hydrogen-bond acceptors (Lipinski definition) is 14. The van der Waals surface area contributed by atoms with Crippen molar-refractivity contribution in [1.29, 1.82) is 0 Å². The van der Waals surface area contributed by atoms with Gasteiger partial charge >= 0.3 is 5.97 Å². The predicted octanol–water partition coefficient (Wildman–Crippen LogP) is 0.899. The van der Waals surface area contributed by atoms with Crippen LogP contribution in [-0.4, -0.2) is 139 Å². The number of hydrogen-bond donors (Lipinski definition) is 9. The second kappa shape index (κ2) is 14.2. The third-order valence-corrected chi connectivity index (χ3v) is 16.9. The zero-order valence-corrected chi connectivity index (χ0v) is 33.2. The van der Waals surface area contributed by atoms with Gasteiger partial charge in [0, 0.05) is 5.41 Å². The lowest BCUT2D eigenvalue weighted by atomic mass is 9.33. The summed E-state index contributed by atoms with van der Waals surface area (Å²) in [4.78, 5) is 14.5. The summed E-state index contributed by atoms with van der Waals surface area (Å²) in [6.45, 7) is 12.2. The molecule has 2 saturated heterocycles. The van der Waals surface area contributed by atoms with E-state index in [2.05, 4.69) is 40.7 Å². The first-order valence-electron chi connectivity index (χ1n) is 20.5. The Bertz CT molecular complexity index is 1490. The highest BCUT2D eigenvalue weighted by Gasteiger charge is 2.71. The van der Waals surface area contributed by atoms with E-state index >= 15 is 0 Å². The van der Waals surface area contributed by atoms with Crippen LogP contribution in [0.5, 0.6) is 0 Å². The van der Waals surface area contributed by atoms with Crippen molar-refractivity contribution in [2.45, 2.75) is 167 Å². The summed E-state index contributed by atoms with van der Waals surface area (Å²) in [6, 6.07) is 0. The average Bonchev–Trinajstić information content (AvgIpc) is 3.13. The van der Waals surface area contributed by atoms with Crippen molar-refractivity contribution < 1.29 is 69.7 Å². The zero-order valence-electron chi connectivity index (χ0n) is 33.2. The van der Waals surface area contributed by atoms with Gasteiger partial charge in [-0.15, -0.1) is 0 Å². The normalized spacial score (nSPS) is 54.9. The largest absolute Gasteiger partial charge is 0.432 e. The standard InChI is InChI=1S/C41H66O14/c1-36(2)11-13-41(35(51)55-34-31(50)29(48)28(47)24(17-42)53-34)14-12-39(5)20(21(41)15-36)7-8-26-37(3)16-22(44)32(54-33-30(49)27(46)23(45)18-52-33)38(4,19-43)25(37)9-10-40(26,39)6/h7,21-34,42-50H,8-19H2,1-6H3/t21-,22+,23-,24-,25-,26-,27+,28-,29+,30-,31-,32+,33+,34+,37+,38+,39-,40-,41+/m1/s1. The number of allylic oxidation sites excluding steroid dienone is 2. The minimum atomic E-state index is -1.69. The lowest BCUT2D eigenvalue weighted by Gasteiger charge is -2.71. The number of fused-ring (bicyclic) bond motifs is 7. The SMILES string of the molecule is CC1(C)CC[C@]2(C(=O)O[C@@H]3O[C@H](CO)[C@@H](O)[C@H](O)[C@H]3O)CC[C@]3(C)C(=CC[C@@H]4[C@@]5(C)C[C@H](O)[C@H](O[C@@H]6OC[C@@H](O)[C@H](O)[C@H]6O)[C@@](C)(CO)[C@@H]5CC[C@]43C)[C@H]2C1. The molecule has 5 aliphatic carbocycles. The van der Waals surface area contributed by atoms with Crippen molar-refractivity contribution in [3.05, 3.63) is 11.6 Å². The van der Waals surface area contributed by atoms with Crippen LogP contribution in [0.15, 0.2) is 11.6 Å². The van der Waals surface area contributed by atoms with Gasteiger partial charge in [0.2, 0.25) is 6.29 Å². The molecular weight excluding hydrogens is 716 g/mol. The van der Waals surface area contributed by atoms with Gasteiger partial charge in [-0.1, -0.05) is 53.2 Å². The Labute approximate surface area is 323 Å². The van der Waals surface area contributed by atoms with Crippen molar-refractivity contribution in [2.75, 3.05) is 19.8 Å². The van der Waals surface area contributed by atoms with Crippen LogP contribution < -0.4 is 0 Å². The molecule has 6 fully saturated rings. The Morgan fingerprint density at radius 2 is 1.45 bits per heavy atom. The van der Waals surface area contributed by atoms with Crippen LogP contribution in [0.1, 0.15) is 99.3 Å². The summed E-state index contributed by atoms with van der Waals surface area (Å²) >= 11 is 0. The van der Waals surface area contributed by atoms with Gasteiger partial charge in [-0.2, -0.15) is 0 Å². The van der Waals surface area contributed by atoms with E-state index in [-0.39, 0.29) is 47.2 Å². The number of esters is 1. The third kappa shape index (κ3) is 6.13. The molecule has 0 aromatic carbocycles. The van der Waals surface area contributed by atoms with Crippen LogP contribution >= 0.6 is 0 Å². The van der Waals surface area contributed by atoms with Gasteiger partial charge in [-0.3, -0.25) is 4.79 Å². The smallest absolute Gasteiger partial charge is 0.315 e. The van der Waals surface area contributed by atoms with Gasteiger partial charge in [0.15, 0.2) is 6.29 Å². The van der Waals surface area contributed by atoms with Gasteiger partial charge in [-0.05, 0) is 97.2 Å². The molecule has 7 rings (SSSR count). The van der Waals surface area contributed by atoms with Crippen LogP contribution in [-0.2, 0) is 23.7 Å². The predicted molar refractivity (Wildman–Crippen MR) is 194 cm³/mol. The molecule has 9 N–H and O–H groups in total. The Kier molecular flexibility index (Phi) is 10.8. The number of aliphatic hydroxyl groups excluding tert-OH is 9. The molecule has 4 saturated carbocycles. The lowest BCUT2D eigenvalue weighted by molar-refractivity contribution is -0.328. The van der Waals surface area contributed by atoms with Crippen LogP contribution in [0.3, 0.4) is 0 Å². The fraction of sp³-hybridized carbons (Fsp3) is 0.927. The van der Waals surface area contributed by atoms with E-state index in [1.165, 1.54) is 5.57 Å². The molecule has 2 heterocycles. The number of rotatable bonds is 6. The summed E-state index contributed by atoms with van der Waals surface area (Å²) < 4.78 is 23.4. The molecule has 314 valence electrons. The van der Waals surface area contributed by atoms with Crippen molar-refractivity contribution in [1.82, 2.24) is 0 Å². The maximum absolute atomic E-state index is 14.5. The molecule has 7 aliphatic rings. The van der Waals surface area contributed by atoms with Crippen molar-refractivity contribution >= 4 is 5.97 Å². The number of carbonyl (C=O) groups is 1. The van der Waals surface area contributed by atoms with Crippen molar-refractivity contribution in [3.8, 4) is 0 Å². The van der Waals surface area contributed by atoms with Gasteiger partial charge in [0.25, 0.3) is 0 Å². The highest BCUT2D eigenvalue weighted by atomic mass is 16.7. The van der Waals surface area contributed by atoms with Gasteiger partial charge in [0.05, 0.1) is 37.4 Å². The van der Waals surface area contributed by atoms with Crippen LogP contribution in [0, 0.1) is 50.2 Å². The average molecular weight is 783 g/mol. The quantitative estimate of drug-likeness (QED) is 0.104. The van der Waals surface area contributed by atoms with E-state index < -0.39 is 96.3 Å². The lowest BCUT2D eigenvalue weighted by Crippen LogP contribution is -2.69. The first kappa shape index (κ1) is 41.9. The fourth-order valence-electron chi connectivity index (χ4n) is 13.4. The van der Waals surface area contributed by atoms with Crippen molar-refractivity contribution in [2.24, 2.45) is 50.2 Å². The van der Waals surface area contributed by atoms with Crippen LogP contribution in [0.25, 0.3) is 0 Å². The fourth-order valence-corrected chi connectivity index (χ4v) is 13.4. The van der Waals surface area contributed by atoms with Crippen molar-refractivity contribution in [3.63, 3.8) is 0 Å². The highest BCUT2D eigenvalue weighted by molar-refractivity contribution is 5.79.